The molecule has 0 aromatic heterocycles. The van der Waals surface area contributed by atoms with E-state index in [4.69, 9.17) is 5.84 Å². The van der Waals surface area contributed by atoms with E-state index in [1.54, 1.807) is 6.07 Å². The van der Waals surface area contributed by atoms with Gasteiger partial charge < -0.3 is 0 Å². The Bertz CT molecular complexity index is 453. The summed E-state index contributed by atoms with van der Waals surface area (Å²) in [5, 5.41) is 0. The normalized spacial score (nSPS) is 19.1. The Hall–Kier alpha value is -0.970. The Morgan fingerprint density at radius 2 is 1.90 bits per heavy atom. The van der Waals surface area contributed by atoms with Crippen LogP contribution in [0.25, 0.3) is 0 Å². The highest BCUT2D eigenvalue weighted by atomic mass is 19.1. The third kappa shape index (κ3) is 3.03. The van der Waals surface area contributed by atoms with Crippen LogP contribution < -0.4 is 11.3 Å². The zero-order chi connectivity index (χ0) is 14.8. The molecule has 3 nitrogen and oxygen atoms in total. The minimum absolute atomic E-state index is 0.0128. The predicted molar refractivity (Wildman–Crippen MR) is 80.7 cm³/mol. The summed E-state index contributed by atoms with van der Waals surface area (Å²) in [6.07, 6.45) is 3.79. The molecule has 0 saturated carbocycles. The minimum Gasteiger partial charge on any atom is -0.296 e. The lowest BCUT2D eigenvalue weighted by molar-refractivity contribution is 0.0605. The molecule has 1 aromatic carbocycles. The van der Waals surface area contributed by atoms with Crippen LogP contribution in [0.3, 0.4) is 0 Å². The fourth-order valence-corrected chi connectivity index (χ4v) is 3.29. The second-order valence-electron chi connectivity index (χ2n) is 6.30. The molecular formula is C16H26FN3. The van der Waals surface area contributed by atoms with Gasteiger partial charge in [0.05, 0.1) is 6.04 Å². The lowest BCUT2D eigenvalue weighted by Gasteiger charge is -2.46. The van der Waals surface area contributed by atoms with Crippen molar-refractivity contribution >= 4 is 0 Å². The molecule has 1 heterocycles. The highest BCUT2D eigenvalue weighted by molar-refractivity contribution is 5.31. The number of nitrogens with zero attached hydrogens (tertiary/aromatic N) is 1. The molecule has 1 fully saturated rings. The van der Waals surface area contributed by atoms with E-state index in [2.05, 4.69) is 24.2 Å². The second kappa shape index (κ2) is 6.20. The number of hydrogen-bond donors (Lipinski definition) is 2. The molecular weight excluding hydrogens is 253 g/mol. The van der Waals surface area contributed by atoms with Gasteiger partial charge in [-0.3, -0.25) is 16.2 Å². The van der Waals surface area contributed by atoms with E-state index in [0.717, 1.165) is 24.2 Å². The maximum atomic E-state index is 13.3. The van der Waals surface area contributed by atoms with Gasteiger partial charge in [-0.05, 0) is 70.0 Å². The molecule has 1 aromatic rings. The fourth-order valence-electron chi connectivity index (χ4n) is 3.29. The summed E-state index contributed by atoms with van der Waals surface area (Å²) in [5.41, 5.74) is 4.87. The first-order valence-electron chi connectivity index (χ1n) is 7.44. The number of likely N-dealkylation sites (tertiary alicyclic amines) is 1. The van der Waals surface area contributed by atoms with Gasteiger partial charge in [-0.15, -0.1) is 0 Å². The van der Waals surface area contributed by atoms with Crippen LogP contribution in [-0.2, 0) is 0 Å². The van der Waals surface area contributed by atoms with Crippen molar-refractivity contribution < 1.29 is 4.39 Å². The molecule has 2 rings (SSSR count). The summed E-state index contributed by atoms with van der Waals surface area (Å²) in [4.78, 5) is 2.49. The van der Waals surface area contributed by atoms with Crippen LogP contribution in [0.2, 0.25) is 0 Å². The van der Waals surface area contributed by atoms with E-state index in [1.807, 2.05) is 13.0 Å². The molecule has 1 aliphatic heterocycles. The molecule has 0 amide bonds. The van der Waals surface area contributed by atoms with Gasteiger partial charge >= 0.3 is 0 Å². The Labute approximate surface area is 121 Å². The van der Waals surface area contributed by atoms with Crippen molar-refractivity contribution in [2.24, 2.45) is 5.84 Å². The number of rotatable bonds is 4. The van der Waals surface area contributed by atoms with E-state index in [1.165, 1.54) is 25.3 Å². The molecule has 112 valence electrons. The zero-order valence-electron chi connectivity index (χ0n) is 12.7. The van der Waals surface area contributed by atoms with Gasteiger partial charge in [0.15, 0.2) is 0 Å². The van der Waals surface area contributed by atoms with Crippen LogP contribution in [0.15, 0.2) is 18.2 Å². The standard InChI is InChI=1S/C16H26FN3/c1-12-11-13(17)7-8-14(12)15(19-18)16(2,3)20-9-5-4-6-10-20/h7-8,11,15,19H,4-6,9-10,18H2,1-3H3. The molecule has 1 unspecified atom stereocenters. The van der Waals surface area contributed by atoms with Crippen LogP contribution >= 0.6 is 0 Å². The topological polar surface area (TPSA) is 41.3 Å². The van der Waals surface area contributed by atoms with E-state index in [-0.39, 0.29) is 17.4 Å². The zero-order valence-corrected chi connectivity index (χ0v) is 12.7. The summed E-state index contributed by atoms with van der Waals surface area (Å²) in [5.74, 6) is 5.64. The Morgan fingerprint density at radius 1 is 1.25 bits per heavy atom. The van der Waals surface area contributed by atoms with Gasteiger partial charge in [0.25, 0.3) is 0 Å². The highest BCUT2D eigenvalue weighted by Gasteiger charge is 2.37. The predicted octanol–water partition coefficient (Wildman–Crippen LogP) is 2.90. The maximum Gasteiger partial charge on any atom is 0.123 e. The van der Waals surface area contributed by atoms with Crippen molar-refractivity contribution in [1.29, 1.82) is 0 Å². The lowest BCUT2D eigenvalue weighted by Crippen LogP contribution is -2.55. The van der Waals surface area contributed by atoms with Crippen LogP contribution in [0.4, 0.5) is 4.39 Å². The highest BCUT2D eigenvalue weighted by Crippen LogP contribution is 2.34. The molecule has 0 bridgehead atoms. The van der Waals surface area contributed by atoms with E-state index in [0.29, 0.717) is 0 Å². The minimum atomic E-state index is -0.196. The third-order valence-corrected chi connectivity index (χ3v) is 4.59. The van der Waals surface area contributed by atoms with Crippen LogP contribution in [0, 0.1) is 12.7 Å². The Morgan fingerprint density at radius 3 is 2.45 bits per heavy atom. The van der Waals surface area contributed by atoms with Crippen molar-refractivity contribution in [3.05, 3.63) is 35.1 Å². The Kier molecular flexibility index (Phi) is 4.78. The van der Waals surface area contributed by atoms with Crippen molar-refractivity contribution in [2.45, 2.75) is 51.6 Å². The van der Waals surface area contributed by atoms with Gasteiger partial charge in [-0.1, -0.05) is 12.5 Å². The fraction of sp³-hybridized carbons (Fsp3) is 0.625. The SMILES string of the molecule is Cc1cc(F)ccc1C(NN)C(C)(C)N1CCCCC1. The maximum absolute atomic E-state index is 13.3. The number of piperidine rings is 1. The van der Waals surface area contributed by atoms with Gasteiger partial charge in [-0.2, -0.15) is 0 Å². The monoisotopic (exact) mass is 279 g/mol. The van der Waals surface area contributed by atoms with Crippen LogP contribution in [-0.4, -0.2) is 23.5 Å². The number of aryl methyl sites for hydroxylation is 1. The quantitative estimate of drug-likeness (QED) is 0.658. The second-order valence-corrected chi connectivity index (χ2v) is 6.30. The van der Waals surface area contributed by atoms with Crippen molar-refractivity contribution in [3.63, 3.8) is 0 Å². The summed E-state index contributed by atoms with van der Waals surface area (Å²) in [6, 6.07) is 4.92. The average molecular weight is 279 g/mol. The summed E-state index contributed by atoms with van der Waals surface area (Å²) >= 11 is 0. The van der Waals surface area contributed by atoms with Crippen molar-refractivity contribution in [1.82, 2.24) is 10.3 Å². The summed E-state index contributed by atoms with van der Waals surface area (Å²) < 4.78 is 13.3. The van der Waals surface area contributed by atoms with Gasteiger partial charge in [-0.25, -0.2) is 4.39 Å². The van der Waals surface area contributed by atoms with Gasteiger partial charge in [0.1, 0.15) is 5.82 Å². The first-order chi connectivity index (χ1) is 9.46. The van der Waals surface area contributed by atoms with Crippen molar-refractivity contribution in [2.75, 3.05) is 13.1 Å². The molecule has 0 aliphatic carbocycles. The number of benzene rings is 1. The summed E-state index contributed by atoms with van der Waals surface area (Å²) in [6.45, 7) is 8.57. The molecule has 1 aliphatic rings. The molecule has 3 N–H and O–H groups in total. The third-order valence-electron chi connectivity index (χ3n) is 4.59. The molecule has 0 spiro atoms. The molecule has 20 heavy (non-hydrogen) atoms. The van der Waals surface area contributed by atoms with E-state index < -0.39 is 0 Å². The molecule has 4 heteroatoms. The number of nitrogens with two attached hydrogens (primary N) is 1. The molecule has 1 saturated heterocycles. The first kappa shape index (κ1) is 15.4. The number of hydrogen-bond acceptors (Lipinski definition) is 3. The number of hydrazine groups is 1. The molecule has 0 radical (unpaired) electrons. The smallest absolute Gasteiger partial charge is 0.123 e. The van der Waals surface area contributed by atoms with E-state index >= 15 is 0 Å². The van der Waals surface area contributed by atoms with E-state index in [9.17, 15) is 4.39 Å². The Balaban J connectivity index is 2.29. The van der Waals surface area contributed by atoms with Crippen LogP contribution in [0.5, 0.6) is 0 Å². The lowest BCUT2D eigenvalue weighted by atomic mass is 9.84. The largest absolute Gasteiger partial charge is 0.296 e. The van der Waals surface area contributed by atoms with Crippen molar-refractivity contribution in [3.8, 4) is 0 Å². The van der Waals surface area contributed by atoms with Gasteiger partial charge in [0.2, 0.25) is 0 Å². The summed E-state index contributed by atoms with van der Waals surface area (Å²) in [7, 11) is 0. The average Bonchev–Trinajstić information content (AvgIpc) is 2.43. The molecule has 1 atom stereocenters. The van der Waals surface area contributed by atoms with Gasteiger partial charge in [0, 0.05) is 5.54 Å². The number of nitrogens with one attached hydrogen (secondary N) is 1. The van der Waals surface area contributed by atoms with Crippen LogP contribution in [0.1, 0.15) is 50.3 Å². The number of halogens is 1. The first-order valence-corrected chi connectivity index (χ1v) is 7.44.